The highest BCUT2D eigenvalue weighted by atomic mass is 32.2. The molecule has 0 spiro atoms. The van der Waals surface area contributed by atoms with Crippen LogP contribution in [0.4, 0.5) is 0 Å². The van der Waals surface area contributed by atoms with Gasteiger partial charge in [0.2, 0.25) is 0 Å². The second-order valence-corrected chi connectivity index (χ2v) is 5.74. The number of nitrogens with two attached hydrogens (primary N) is 1. The van der Waals surface area contributed by atoms with Crippen molar-refractivity contribution in [2.75, 3.05) is 0 Å². The van der Waals surface area contributed by atoms with Gasteiger partial charge in [0.05, 0.1) is 0 Å². The minimum atomic E-state index is 0.142. The summed E-state index contributed by atoms with van der Waals surface area (Å²) < 4.78 is 0. The van der Waals surface area contributed by atoms with Crippen molar-refractivity contribution in [3.8, 4) is 0 Å². The van der Waals surface area contributed by atoms with E-state index in [1.54, 1.807) is 0 Å². The minimum absolute atomic E-state index is 0.142. The van der Waals surface area contributed by atoms with Crippen molar-refractivity contribution in [3.05, 3.63) is 35.4 Å². The fraction of sp³-hybridized carbons (Fsp3) is 0.462. The second kappa shape index (κ2) is 5.94. The van der Waals surface area contributed by atoms with Crippen molar-refractivity contribution in [1.82, 2.24) is 0 Å². The van der Waals surface area contributed by atoms with Gasteiger partial charge < -0.3 is 5.73 Å². The van der Waals surface area contributed by atoms with Gasteiger partial charge in [0.25, 0.3) is 0 Å². The maximum atomic E-state index is 7.39. The topological polar surface area (TPSA) is 49.9 Å². The van der Waals surface area contributed by atoms with E-state index in [0.29, 0.717) is 11.2 Å². The van der Waals surface area contributed by atoms with E-state index in [2.05, 4.69) is 26.8 Å². The molecule has 3 N–H and O–H groups in total. The number of benzene rings is 1. The molecule has 0 saturated heterocycles. The van der Waals surface area contributed by atoms with Crippen molar-refractivity contribution in [2.45, 2.75) is 31.8 Å². The summed E-state index contributed by atoms with van der Waals surface area (Å²) in [5.74, 6) is 1.82. The first-order valence-electron chi connectivity index (χ1n) is 5.55. The molecular weight excluding hydrogens is 216 g/mol. The van der Waals surface area contributed by atoms with Crippen LogP contribution < -0.4 is 5.73 Å². The molecule has 0 aliphatic heterocycles. The molecule has 3 heteroatoms. The summed E-state index contributed by atoms with van der Waals surface area (Å²) in [6, 6.07) is 7.93. The lowest BCUT2D eigenvalue weighted by Crippen LogP contribution is -2.11. The Morgan fingerprint density at radius 3 is 2.62 bits per heavy atom. The summed E-state index contributed by atoms with van der Waals surface area (Å²) in [6.07, 6.45) is 0. The molecule has 16 heavy (non-hydrogen) atoms. The van der Waals surface area contributed by atoms with E-state index in [0.717, 1.165) is 11.3 Å². The van der Waals surface area contributed by atoms with Crippen LogP contribution in [0, 0.1) is 11.3 Å². The molecule has 2 nitrogen and oxygen atoms in total. The average Bonchev–Trinajstić information content (AvgIpc) is 2.26. The van der Waals surface area contributed by atoms with Gasteiger partial charge in [-0.3, -0.25) is 5.41 Å². The number of rotatable bonds is 5. The van der Waals surface area contributed by atoms with Gasteiger partial charge in [-0.25, -0.2) is 0 Å². The van der Waals surface area contributed by atoms with Gasteiger partial charge in [-0.05, 0) is 17.5 Å². The molecule has 0 amide bonds. The Kier molecular flexibility index (Phi) is 4.87. The van der Waals surface area contributed by atoms with Crippen LogP contribution in [0.2, 0.25) is 0 Å². The van der Waals surface area contributed by atoms with Crippen LogP contribution >= 0.6 is 11.8 Å². The van der Waals surface area contributed by atoms with Gasteiger partial charge in [-0.15, -0.1) is 0 Å². The van der Waals surface area contributed by atoms with Gasteiger partial charge in [0.15, 0.2) is 0 Å². The second-order valence-electron chi connectivity index (χ2n) is 4.37. The van der Waals surface area contributed by atoms with E-state index in [-0.39, 0.29) is 5.84 Å². The lowest BCUT2D eigenvalue weighted by atomic mass is 10.1. The largest absolute Gasteiger partial charge is 0.384 e. The number of hydrogen-bond acceptors (Lipinski definition) is 2. The average molecular weight is 236 g/mol. The Labute approximate surface area is 102 Å². The zero-order chi connectivity index (χ0) is 12.1. The zero-order valence-electron chi connectivity index (χ0n) is 10.2. The first-order valence-corrected chi connectivity index (χ1v) is 6.60. The first kappa shape index (κ1) is 13.1. The van der Waals surface area contributed by atoms with E-state index in [1.807, 2.05) is 30.0 Å². The molecule has 1 atom stereocenters. The number of amidine groups is 1. The van der Waals surface area contributed by atoms with Gasteiger partial charge in [0, 0.05) is 16.6 Å². The Balaban J connectivity index is 2.61. The molecule has 0 bridgehead atoms. The van der Waals surface area contributed by atoms with Crippen LogP contribution in [0.15, 0.2) is 24.3 Å². The standard InChI is InChI=1S/C13H20N2S/c1-9(2)10(3)16-8-11-5-4-6-12(7-11)13(14)15/h4-7,9-10H,8H2,1-3H3,(H3,14,15). The van der Waals surface area contributed by atoms with Gasteiger partial charge >= 0.3 is 0 Å². The monoisotopic (exact) mass is 236 g/mol. The number of nitrogen functional groups attached to an aromatic ring is 1. The molecule has 0 radical (unpaired) electrons. The summed E-state index contributed by atoms with van der Waals surface area (Å²) in [6.45, 7) is 6.73. The molecule has 88 valence electrons. The highest BCUT2D eigenvalue weighted by Gasteiger charge is 2.07. The zero-order valence-corrected chi connectivity index (χ0v) is 11.0. The predicted molar refractivity (Wildman–Crippen MR) is 73.1 cm³/mol. The van der Waals surface area contributed by atoms with E-state index in [9.17, 15) is 0 Å². The third-order valence-corrected chi connectivity index (χ3v) is 4.26. The molecule has 0 aliphatic carbocycles. The van der Waals surface area contributed by atoms with Crippen molar-refractivity contribution < 1.29 is 0 Å². The van der Waals surface area contributed by atoms with Crippen LogP contribution in [0.5, 0.6) is 0 Å². The summed E-state index contributed by atoms with van der Waals surface area (Å²) in [5, 5.41) is 8.04. The van der Waals surface area contributed by atoms with Crippen molar-refractivity contribution in [2.24, 2.45) is 11.7 Å². The third kappa shape index (κ3) is 3.89. The maximum Gasteiger partial charge on any atom is 0.122 e. The lowest BCUT2D eigenvalue weighted by molar-refractivity contribution is 0.642. The third-order valence-electron chi connectivity index (χ3n) is 2.69. The van der Waals surface area contributed by atoms with E-state index < -0.39 is 0 Å². The first-order chi connectivity index (χ1) is 7.50. The molecule has 0 saturated carbocycles. The highest BCUT2D eigenvalue weighted by Crippen LogP contribution is 2.23. The lowest BCUT2D eigenvalue weighted by Gasteiger charge is -2.15. The Bertz CT molecular complexity index is 361. The molecule has 0 aromatic heterocycles. The summed E-state index contributed by atoms with van der Waals surface area (Å²) in [7, 11) is 0. The SMILES string of the molecule is CC(C)C(C)SCc1cccc(C(=N)N)c1. The number of thioether (sulfide) groups is 1. The summed E-state index contributed by atoms with van der Waals surface area (Å²) >= 11 is 1.95. The Morgan fingerprint density at radius 1 is 1.38 bits per heavy atom. The molecular formula is C13H20N2S. The van der Waals surface area contributed by atoms with Crippen LogP contribution in [-0.2, 0) is 5.75 Å². The minimum Gasteiger partial charge on any atom is -0.384 e. The van der Waals surface area contributed by atoms with Crippen molar-refractivity contribution in [3.63, 3.8) is 0 Å². The molecule has 1 unspecified atom stereocenters. The van der Waals surface area contributed by atoms with E-state index in [4.69, 9.17) is 11.1 Å². The van der Waals surface area contributed by atoms with E-state index in [1.165, 1.54) is 5.56 Å². The van der Waals surface area contributed by atoms with Gasteiger partial charge in [-0.2, -0.15) is 11.8 Å². The van der Waals surface area contributed by atoms with Gasteiger partial charge in [0.1, 0.15) is 5.84 Å². The highest BCUT2D eigenvalue weighted by molar-refractivity contribution is 7.99. The molecule has 0 aliphatic rings. The van der Waals surface area contributed by atoms with Crippen molar-refractivity contribution >= 4 is 17.6 Å². The fourth-order valence-corrected chi connectivity index (χ4v) is 2.27. The molecule has 1 aromatic carbocycles. The van der Waals surface area contributed by atoms with Crippen LogP contribution in [-0.4, -0.2) is 11.1 Å². The number of nitrogens with one attached hydrogen (secondary N) is 1. The quantitative estimate of drug-likeness (QED) is 0.609. The predicted octanol–water partition coefficient (Wildman–Crippen LogP) is 3.25. The molecule has 0 fully saturated rings. The van der Waals surface area contributed by atoms with E-state index >= 15 is 0 Å². The number of hydrogen-bond donors (Lipinski definition) is 2. The van der Waals surface area contributed by atoms with Crippen molar-refractivity contribution in [1.29, 1.82) is 5.41 Å². The Hall–Kier alpha value is -0.960. The van der Waals surface area contributed by atoms with Crippen LogP contribution in [0.1, 0.15) is 31.9 Å². The van der Waals surface area contributed by atoms with Crippen LogP contribution in [0.25, 0.3) is 0 Å². The normalized spacial score (nSPS) is 12.8. The summed E-state index contributed by atoms with van der Waals surface area (Å²) in [5.41, 5.74) is 7.52. The van der Waals surface area contributed by atoms with Gasteiger partial charge in [-0.1, -0.05) is 39.0 Å². The van der Waals surface area contributed by atoms with Crippen LogP contribution in [0.3, 0.4) is 0 Å². The molecule has 0 heterocycles. The molecule has 1 rings (SSSR count). The smallest absolute Gasteiger partial charge is 0.122 e. The summed E-state index contributed by atoms with van der Waals surface area (Å²) in [4.78, 5) is 0. The maximum absolute atomic E-state index is 7.39. The Morgan fingerprint density at radius 2 is 2.06 bits per heavy atom. The molecule has 1 aromatic rings. The fourth-order valence-electron chi connectivity index (χ4n) is 1.25.